The SMILES string of the molecule is Cc1ccc(C)c(Nc2nnc(CCN)o2)c1. The maximum Gasteiger partial charge on any atom is 0.320 e. The Labute approximate surface area is 100 Å². The average Bonchev–Trinajstić information content (AvgIpc) is 2.72. The first-order valence-corrected chi connectivity index (χ1v) is 5.56. The quantitative estimate of drug-likeness (QED) is 0.842. The molecule has 90 valence electrons. The maximum atomic E-state index is 5.42. The van der Waals surface area contributed by atoms with Gasteiger partial charge >= 0.3 is 6.01 Å². The van der Waals surface area contributed by atoms with Gasteiger partial charge in [-0.25, -0.2) is 0 Å². The number of hydrogen-bond acceptors (Lipinski definition) is 5. The van der Waals surface area contributed by atoms with Gasteiger partial charge in [0.25, 0.3) is 0 Å². The highest BCUT2D eigenvalue weighted by Gasteiger charge is 2.06. The number of nitrogens with one attached hydrogen (secondary N) is 1. The van der Waals surface area contributed by atoms with Crippen LogP contribution in [0.25, 0.3) is 0 Å². The Hall–Kier alpha value is -1.88. The first-order valence-electron chi connectivity index (χ1n) is 5.56. The van der Waals surface area contributed by atoms with E-state index < -0.39 is 0 Å². The molecular formula is C12H16N4O. The van der Waals surface area contributed by atoms with E-state index in [-0.39, 0.29) is 0 Å². The van der Waals surface area contributed by atoms with Crippen molar-refractivity contribution in [3.05, 3.63) is 35.2 Å². The van der Waals surface area contributed by atoms with E-state index in [4.69, 9.17) is 10.2 Å². The normalized spacial score (nSPS) is 10.5. The summed E-state index contributed by atoms with van der Waals surface area (Å²) in [5, 5.41) is 10.9. The second-order valence-electron chi connectivity index (χ2n) is 3.98. The Kier molecular flexibility index (Phi) is 3.39. The summed E-state index contributed by atoms with van der Waals surface area (Å²) in [5.74, 6) is 0.556. The molecule has 0 aliphatic heterocycles. The number of aryl methyl sites for hydroxylation is 2. The lowest BCUT2D eigenvalue weighted by Gasteiger charge is -2.06. The van der Waals surface area contributed by atoms with Crippen molar-refractivity contribution in [3.63, 3.8) is 0 Å². The zero-order valence-electron chi connectivity index (χ0n) is 10.0. The maximum absolute atomic E-state index is 5.42. The van der Waals surface area contributed by atoms with Crippen molar-refractivity contribution >= 4 is 11.7 Å². The fraction of sp³-hybridized carbons (Fsp3) is 0.333. The van der Waals surface area contributed by atoms with Crippen molar-refractivity contribution < 1.29 is 4.42 Å². The summed E-state index contributed by atoms with van der Waals surface area (Å²) in [7, 11) is 0. The van der Waals surface area contributed by atoms with Gasteiger partial charge in [0, 0.05) is 18.7 Å². The molecular weight excluding hydrogens is 216 g/mol. The van der Waals surface area contributed by atoms with Crippen molar-refractivity contribution in [1.82, 2.24) is 10.2 Å². The third kappa shape index (κ3) is 2.82. The first-order chi connectivity index (χ1) is 8.19. The number of rotatable bonds is 4. The summed E-state index contributed by atoms with van der Waals surface area (Å²) in [5.41, 5.74) is 8.71. The van der Waals surface area contributed by atoms with Crippen LogP contribution in [-0.4, -0.2) is 16.7 Å². The zero-order chi connectivity index (χ0) is 12.3. The highest BCUT2D eigenvalue weighted by atomic mass is 16.4. The molecule has 0 aliphatic rings. The smallest absolute Gasteiger partial charge is 0.320 e. The fourth-order valence-corrected chi connectivity index (χ4v) is 1.51. The molecule has 1 aromatic carbocycles. The molecule has 0 aliphatic carbocycles. The summed E-state index contributed by atoms with van der Waals surface area (Å²) >= 11 is 0. The molecule has 0 amide bonds. The highest BCUT2D eigenvalue weighted by molar-refractivity contribution is 5.58. The van der Waals surface area contributed by atoms with E-state index in [1.54, 1.807) is 0 Å². The Balaban J connectivity index is 2.16. The number of nitrogens with two attached hydrogens (primary N) is 1. The molecule has 0 saturated heterocycles. The standard InChI is InChI=1S/C12H16N4O/c1-8-3-4-9(2)10(7-8)14-12-16-15-11(17-12)5-6-13/h3-4,7H,5-6,13H2,1-2H3,(H,14,16). The van der Waals surface area contributed by atoms with Crippen molar-refractivity contribution in [1.29, 1.82) is 0 Å². The number of aromatic nitrogens is 2. The third-order valence-electron chi connectivity index (χ3n) is 2.46. The predicted molar refractivity (Wildman–Crippen MR) is 66.3 cm³/mol. The molecule has 0 saturated carbocycles. The number of anilines is 2. The first kappa shape index (κ1) is 11.6. The molecule has 1 aromatic heterocycles. The second-order valence-corrected chi connectivity index (χ2v) is 3.98. The Bertz CT molecular complexity index is 507. The highest BCUT2D eigenvalue weighted by Crippen LogP contribution is 2.20. The van der Waals surface area contributed by atoms with Crippen molar-refractivity contribution in [2.45, 2.75) is 20.3 Å². The fourth-order valence-electron chi connectivity index (χ4n) is 1.51. The molecule has 3 N–H and O–H groups in total. The molecule has 17 heavy (non-hydrogen) atoms. The van der Waals surface area contributed by atoms with Crippen LogP contribution in [0, 0.1) is 13.8 Å². The molecule has 0 radical (unpaired) electrons. The van der Waals surface area contributed by atoms with Crippen LogP contribution in [0.3, 0.4) is 0 Å². The van der Waals surface area contributed by atoms with Gasteiger partial charge in [0.05, 0.1) is 0 Å². The van der Waals surface area contributed by atoms with E-state index in [0.29, 0.717) is 24.9 Å². The summed E-state index contributed by atoms with van der Waals surface area (Å²) in [6.07, 6.45) is 0.599. The Morgan fingerprint density at radius 1 is 1.29 bits per heavy atom. The molecule has 0 unspecified atom stereocenters. The summed E-state index contributed by atoms with van der Waals surface area (Å²) in [6, 6.07) is 6.56. The Morgan fingerprint density at radius 2 is 2.12 bits per heavy atom. The molecule has 5 heteroatoms. The number of benzene rings is 1. The van der Waals surface area contributed by atoms with Crippen molar-refractivity contribution in [3.8, 4) is 0 Å². The van der Waals surface area contributed by atoms with E-state index in [1.165, 1.54) is 5.56 Å². The lowest BCUT2D eigenvalue weighted by molar-refractivity contribution is 0.510. The number of nitrogens with zero attached hydrogens (tertiary/aromatic N) is 2. The molecule has 0 bridgehead atoms. The largest absolute Gasteiger partial charge is 0.408 e. The zero-order valence-corrected chi connectivity index (χ0v) is 10.0. The lowest BCUT2D eigenvalue weighted by Crippen LogP contribution is -2.02. The van der Waals surface area contributed by atoms with Crippen LogP contribution in [0.5, 0.6) is 0 Å². The van der Waals surface area contributed by atoms with E-state index >= 15 is 0 Å². The van der Waals surface area contributed by atoms with Gasteiger partial charge in [0.15, 0.2) is 0 Å². The number of hydrogen-bond donors (Lipinski definition) is 2. The minimum absolute atomic E-state index is 0.405. The Morgan fingerprint density at radius 3 is 2.88 bits per heavy atom. The lowest BCUT2D eigenvalue weighted by atomic mass is 10.1. The predicted octanol–water partition coefficient (Wildman–Crippen LogP) is 1.93. The van der Waals surface area contributed by atoms with E-state index in [0.717, 1.165) is 11.3 Å². The molecule has 2 rings (SSSR count). The summed E-state index contributed by atoms with van der Waals surface area (Å²) in [4.78, 5) is 0. The van der Waals surface area contributed by atoms with Crippen LogP contribution < -0.4 is 11.1 Å². The molecule has 0 spiro atoms. The molecule has 0 fully saturated rings. The van der Waals surface area contributed by atoms with E-state index in [2.05, 4.69) is 27.6 Å². The van der Waals surface area contributed by atoms with Gasteiger partial charge < -0.3 is 15.5 Å². The van der Waals surface area contributed by atoms with Gasteiger partial charge in [-0.1, -0.05) is 17.2 Å². The van der Waals surface area contributed by atoms with Gasteiger partial charge in [-0.15, -0.1) is 5.10 Å². The molecule has 5 nitrogen and oxygen atoms in total. The van der Waals surface area contributed by atoms with Gasteiger partial charge in [-0.3, -0.25) is 0 Å². The van der Waals surface area contributed by atoms with Crippen molar-refractivity contribution in [2.75, 3.05) is 11.9 Å². The van der Waals surface area contributed by atoms with Gasteiger partial charge in [-0.05, 0) is 31.0 Å². The summed E-state index contributed by atoms with van der Waals surface area (Å²) in [6.45, 7) is 4.57. The minimum atomic E-state index is 0.405. The molecule has 1 heterocycles. The van der Waals surface area contributed by atoms with Gasteiger partial charge in [0.1, 0.15) is 0 Å². The molecule has 0 atom stereocenters. The average molecular weight is 232 g/mol. The van der Waals surface area contributed by atoms with Crippen molar-refractivity contribution in [2.24, 2.45) is 5.73 Å². The minimum Gasteiger partial charge on any atom is -0.408 e. The van der Waals surface area contributed by atoms with Crippen LogP contribution in [0.15, 0.2) is 22.6 Å². The monoisotopic (exact) mass is 232 g/mol. The van der Waals surface area contributed by atoms with Crippen LogP contribution >= 0.6 is 0 Å². The van der Waals surface area contributed by atoms with Crippen LogP contribution in [0.1, 0.15) is 17.0 Å². The summed E-state index contributed by atoms with van der Waals surface area (Å²) < 4.78 is 5.41. The van der Waals surface area contributed by atoms with Crippen LogP contribution in [-0.2, 0) is 6.42 Å². The van der Waals surface area contributed by atoms with E-state index in [1.807, 2.05) is 19.9 Å². The third-order valence-corrected chi connectivity index (χ3v) is 2.46. The van der Waals surface area contributed by atoms with Gasteiger partial charge in [0.2, 0.25) is 5.89 Å². The molecule has 2 aromatic rings. The van der Waals surface area contributed by atoms with Crippen LogP contribution in [0.4, 0.5) is 11.7 Å². The van der Waals surface area contributed by atoms with E-state index in [9.17, 15) is 0 Å². The van der Waals surface area contributed by atoms with Crippen LogP contribution in [0.2, 0.25) is 0 Å². The second kappa shape index (κ2) is 4.97. The topological polar surface area (TPSA) is 77.0 Å². The van der Waals surface area contributed by atoms with Gasteiger partial charge in [-0.2, -0.15) is 0 Å².